The highest BCUT2D eigenvalue weighted by molar-refractivity contribution is 9.10. The van der Waals surface area contributed by atoms with Crippen LogP contribution in [0.1, 0.15) is 0 Å². The lowest BCUT2D eigenvalue weighted by Crippen LogP contribution is -2.37. The molecule has 0 aromatic carbocycles. The first kappa shape index (κ1) is 11.4. The van der Waals surface area contributed by atoms with Crippen LogP contribution in [0.25, 0.3) is 0 Å². The van der Waals surface area contributed by atoms with Gasteiger partial charge in [0, 0.05) is 0 Å². The van der Waals surface area contributed by atoms with E-state index in [1.807, 2.05) is 0 Å². The largest absolute Gasteiger partial charge is 0.442 e. The number of hydrogen-bond acceptors (Lipinski definition) is 1. The third kappa shape index (κ3) is 3.53. The second kappa shape index (κ2) is 3.40. The van der Waals surface area contributed by atoms with E-state index in [-0.39, 0.29) is 0 Å². The van der Waals surface area contributed by atoms with E-state index < -0.39 is 16.8 Å². The fraction of sp³-hybridized carbons (Fsp3) is 1.00. The SMILES string of the molecule is FC(F)OC(Cl)(Br)C(F)(F)F. The zero-order valence-electron chi connectivity index (χ0n) is 4.63. The number of rotatable bonds is 2. The van der Waals surface area contributed by atoms with Gasteiger partial charge in [-0.3, -0.25) is 4.74 Å². The van der Waals surface area contributed by atoms with Gasteiger partial charge in [-0.1, -0.05) is 11.6 Å². The summed E-state index contributed by atoms with van der Waals surface area (Å²) >= 11 is 6.24. The molecule has 0 spiro atoms. The monoisotopic (exact) mass is 262 g/mol. The van der Waals surface area contributed by atoms with Crippen molar-refractivity contribution >= 4 is 27.5 Å². The second-order valence-corrected chi connectivity index (χ2v) is 3.50. The molecule has 0 radical (unpaired) electrons. The molecule has 1 unspecified atom stereocenters. The molecule has 68 valence electrons. The lowest BCUT2D eigenvalue weighted by atomic mass is 10.7. The maximum Gasteiger partial charge on any atom is 0.442 e. The van der Waals surface area contributed by atoms with Crippen LogP contribution in [-0.2, 0) is 4.74 Å². The molecule has 0 fully saturated rings. The van der Waals surface area contributed by atoms with Crippen molar-refractivity contribution < 1.29 is 26.7 Å². The average molecular weight is 263 g/mol. The Kier molecular flexibility index (Phi) is 3.52. The topological polar surface area (TPSA) is 9.23 Å². The smallest absolute Gasteiger partial charge is 0.281 e. The van der Waals surface area contributed by atoms with Gasteiger partial charge >= 0.3 is 12.8 Å². The molecule has 1 nitrogen and oxygen atoms in total. The molecule has 8 heteroatoms. The van der Waals surface area contributed by atoms with Crippen molar-refractivity contribution in [2.45, 2.75) is 16.8 Å². The van der Waals surface area contributed by atoms with E-state index in [9.17, 15) is 22.0 Å². The van der Waals surface area contributed by atoms with Crippen molar-refractivity contribution in [3.63, 3.8) is 0 Å². The van der Waals surface area contributed by atoms with Crippen LogP contribution in [0.4, 0.5) is 22.0 Å². The minimum absolute atomic E-state index is 1.74. The van der Waals surface area contributed by atoms with Crippen molar-refractivity contribution in [2.24, 2.45) is 0 Å². The van der Waals surface area contributed by atoms with Gasteiger partial charge in [0.05, 0.1) is 0 Å². The van der Waals surface area contributed by atoms with Gasteiger partial charge < -0.3 is 0 Å². The Morgan fingerprint density at radius 3 is 1.73 bits per heavy atom. The van der Waals surface area contributed by atoms with Crippen LogP contribution in [0.3, 0.4) is 0 Å². The van der Waals surface area contributed by atoms with Crippen LogP contribution in [0.15, 0.2) is 0 Å². The van der Waals surface area contributed by atoms with Gasteiger partial charge in [0.15, 0.2) is 0 Å². The van der Waals surface area contributed by atoms with Crippen molar-refractivity contribution in [1.29, 1.82) is 0 Å². The van der Waals surface area contributed by atoms with Crippen LogP contribution >= 0.6 is 27.5 Å². The van der Waals surface area contributed by atoms with Crippen LogP contribution in [0.2, 0.25) is 0 Å². The lowest BCUT2D eigenvalue weighted by Gasteiger charge is -2.22. The third-order valence-corrected chi connectivity index (χ3v) is 1.51. The summed E-state index contributed by atoms with van der Waals surface area (Å²) in [4.78, 5) is 0. The Morgan fingerprint density at radius 2 is 1.64 bits per heavy atom. The zero-order valence-corrected chi connectivity index (χ0v) is 6.97. The highest BCUT2D eigenvalue weighted by Gasteiger charge is 2.55. The van der Waals surface area contributed by atoms with Crippen molar-refractivity contribution in [3.05, 3.63) is 0 Å². The molecule has 0 saturated carbocycles. The lowest BCUT2D eigenvalue weighted by molar-refractivity contribution is -0.257. The molecule has 0 amide bonds. The van der Waals surface area contributed by atoms with Gasteiger partial charge in [-0.15, -0.1) is 0 Å². The number of ether oxygens (including phenoxy) is 1. The Hall–Kier alpha value is 0.380. The van der Waals surface area contributed by atoms with Crippen LogP contribution in [-0.4, -0.2) is 16.8 Å². The van der Waals surface area contributed by atoms with E-state index in [1.54, 1.807) is 15.9 Å². The highest BCUT2D eigenvalue weighted by atomic mass is 79.9. The van der Waals surface area contributed by atoms with Crippen molar-refractivity contribution in [2.75, 3.05) is 0 Å². The molecule has 0 saturated heterocycles. The molecule has 1 atom stereocenters. The summed E-state index contributed by atoms with van der Waals surface area (Å²) in [7, 11) is 0. The van der Waals surface area contributed by atoms with E-state index >= 15 is 0 Å². The molecule has 0 rings (SSSR count). The fourth-order valence-electron chi connectivity index (χ4n) is 0.179. The molecule has 11 heavy (non-hydrogen) atoms. The van der Waals surface area contributed by atoms with E-state index in [4.69, 9.17) is 0 Å². The van der Waals surface area contributed by atoms with Gasteiger partial charge in [0.1, 0.15) is 0 Å². The van der Waals surface area contributed by atoms with E-state index in [2.05, 4.69) is 16.3 Å². The second-order valence-electron chi connectivity index (χ2n) is 1.39. The van der Waals surface area contributed by atoms with E-state index in [0.29, 0.717) is 0 Å². The molecule has 0 aliphatic heterocycles. The summed E-state index contributed by atoms with van der Waals surface area (Å²) in [6.45, 7) is -3.59. The summed E-state index contributed by atoms with van der Waals surface area (Å²) in [5.74, 6) is 0. The van der Waals surface area contributed by atoms with Gasteiger partial charge in [0.2, 0.25) is 0 Å². The Bertz CT molecular complexity index is 134. The average Bonchev–Trinajstić information content (AvgIpc) is 1.56. The molecule has 0 N–H and O–H groups in total. The first-order valence-electron chi connectivity index (χ1n) is 2.07. The molecule has 0 aliphatic rings. The minimum atomic E-state index is -5.09. The van der Waals surface area contributed by atoms with Gasteiger partial charge in [-0.05, 0) is 15.9 Å². The zero-order chi connectivity index (χ0) is 9.28. The first-order chi connectivity index (χ1) is 4.67. The Balaban J connectivity index is 4.22. The summed E-state index contributed by atoms with van der Waals surface area (Å²) in [6.07, 6.45) is -5.09. The summed E-state index contributed by atoms with van der Waals surface area (Å²) in [5.41, 5.74) is 0. The molecular weight excluding hydrogens is 262 g/mol. The van der Waals surface area contributed by atoms with E-state index in [1.165, 1.54) is 0 Å². The van der Waals surface area contributed by atoms with Crippen molar-refractivity contribution in [1.82, 2.24) is 0 Å². The van der Waals surface area contributed by atoms with Gasteiger partial charge in [0.25, 0.3) is 3.97 Å². The quantitative estimate of drug-likeness (QED) is 0.549. The summed E-state index contributed by atoms with van der Waals surface area (Å²) in [6, 6.07) is 0. The van der Waals surface area contributed by atoms with Crippen LogP contribution in [0, 0.1) is 0 Å². The summed E-state index contributed by atoms with van der Waals surface area (Å²) in [5, 5.41) is 0. The first-order valence-corrected chi connectivity index (χ1v) is 3.24. The molecule has 0 heterocycles. The number of hydrogen-bond donors (Lipinski definition) is 0. The fourth-order valence-corrected chi connectivity index (χ4v) is 0.387. The van der Waals surface area contributed by atoms with Gasteiger partial charge in [-0.25, -0.2) is 0 Å². The molecule has 0 bridgehead atoms. The Morgan fingerprint density at radius 1 is 1.27 bits per heavy atom. The summed E-state index contributed by atoms with van der Waals surface area (Å²) < 4.78 is 56.6. The molecule has 0 aromatic rings. The van der Waals surface area contributed by atoms with Gasteiger partial charge in [-0.2, -0.15) is 22.0 Å². The maximum atomic E-state index is 11.6. The highest BCUT2D eigenvalue weighted by Crippen LogP contribution is 2.43. The maximum absolute atomic E-state index is 11.6. The minimum Gasteiger partial charge on any atom is -0.281 e. The normalized spacial score (nSPS) is 18.5. The third-order valence-electron chi connectivity index (χ3n) is 0.567. The molecular formula is C3HBrClF5O. The molecule has 0 aliphatic carbocycles. The predicted molar refractivity (Wildman–Crippen MR) is 30.7 cm³/mol. The van der Waals surface area contributed by atoms with Crippen LogP contribution < -0.4 is 0 Å². The number of halogens is 7. The van der Waals surface area contributed by atoms with Crippen molar-refractivity contribution in [3.8, 4) is 0 Å². The van der Waals surface area contributed by atoms with Crippen LogP contribution in [0.5, 0.6) is 0 Å². The molecule has 0 aromatic heterocycles. The van der Waals surface area contributed by atoms with E-state index in [0.717, 1.165) is 0 Å². The predicted octanol–water partition coefficient (Wildman–Crippen LogP) is 3.08. The Labute approximate surface area is 71.6 Å². The standard InChI is InChI=1S/C3HBrClF5O/c4-2(5,3(8,9)10)11-1(6)7/h1H. The number of alkyl halides is 7.